The molecule has 0 saturated heterocycles. The van der Waals surface area contributed by atoms with Gasteiger partial charge in [-0.1, -0.05) is 78.6 Å². The lowest BCUT2D eigenvalue weighted by molar-refractivity contribution is 0.0522. The van der Waals surface area contributed by atoms with E-state index in [1.165, 1.54) is 0 Å². The Bertz CT molecular complexity index is 949. The second-order valence-corrected chi connectivity index (χ2v) is 7.59. The summed E-state index contributed by atoms with van der Waals surface area (Å²) in [6.07, 6.45) is 15.2. The van der Waals surface area contributed by atoms with E-state index in [0.717, 1.165) is 29.9 Å². The number of ether oxygens (including phenoxy) is 2. The maximum absolute atomic E-state index is 12.0. The molecule has 166 valence electrons. The van der Waals surface area contributed by atoms with Gasteiger partial charge < -0.3 is 9.47 Å². The van der Waals surface area contributed by atoms with E-state index in [9.17, 15) is 4.79 Å². The Labute approximate surface area is 196 Å². The maximum Gasteiger partial charge on any atom is 0.339 e. The first-order chi connectivity index (χ1) is 15.8. The molecule has 0 saturated carbocycles. The van der Waals surface area contributed by atoms with Crippen LogP contribution in [0.3, 0.4) is 0 Å². The minimum Gasteiger partial charge on any atom is -0.490 e. The van der Waals surface area contributed by atoms with E-state index in [-0.39, 0.29) is 5.97 Å². The first-order valence-electron chi connectivity index (χ1n) is 10.8. The molecule has 0 atom stereocenters. The highest BCUT2D eigenvalue weighted by molar-refractivity contribution is 7.99. The van der Waals surface area contributed by atoms with Crippen molar-refractivity contribution in [3.8, 4) is 17.6 Å². The van der Waals surface area contributed by atoms with Crippen molar-refractivity contribution in [3.05, 3.63) is 96.6 Å². The highest BCUT2D eigenvalue weighted by atomic mass is 32.2. The molecular weight excluding hydrogens is 416 g/mol. The molecule has 0 aliphatic carbocycles. The van der Waals surface area contributed by atoms with E-state index in [2.05, 4.69) is 42.2 Å². The highest BCUT2D eigenvalue weighted by Gasteiger charge is 2.11. The van der Waals surface area contributed by atoms with Crippen LogP contribution in [0.2, 0.25) is 0 Å². The molecule has 32 heavy (non-hydrogen) atoms. The molecule has 0 spiro atoms. The third-order valence-electron chi connectivity index (χ3n) is 4.16. The van der Waals surface area contributed by atoms with Crippen molar-refractivity contribution in [2.75, 3.05) is 19.0 Å². The van der Waals surface area contributed by atoms with Gasteiger partial charge in [0.25, 0.3) is 0 Å². The monoisotopic (exact) mass is 446 g/mol. The molecular formula is C28H30O3S. The number of carbonyl (C=O) groups is 1. The zero-order chi connectivity index (χ0) is 22.7. The van der Waals surface area contributed by atoms with Gasteiger partial charge in [0.15, 0.2) is 0 Å². The van der Waals surface area contributed by atoms with Crippen LogP contribution in [0.5, 0.6) is 5.75 Å². The van der Waals surface area contributed by atoms with Crippen LogP contribution in [0.15, 0.2) is 95.9 Å². The van der Waals surface area contributed by atoms with Crippen molar-refractivity contribution in [3.63, 3.8) is 0 Å². The fourth-order valence-corrected chi connectivity index (χ4v) is 3.43. The average molecular weight is 447 g/mol. The van der Waals surface area contributed by atoms with E-state index < -0.39 is 0 Å². The van der Waals surface area contributed by atoms with Gasteiger partial charge in [-0.15, -0.1) is 11.8 Å². The van der Waals surface area contributed by atoms with Crippen LogP contribution in [0.25, 0.3) is 0 Å². The molecule has 0 fully saturated rings. The molecule has 2 rings (SSSR count). The number of carbonyl (C=O) groups excluding carboxylic acids is 1. The molecule has 3 nitrogen and oxygen atoms in total. The van der Waals surface area contributed by atoms with E-state index in [1.807, 2.05) is 61.5 Å². The van der Waals surface area contributed by atoms with Gasteiger partial charge in [-0.3, -0.25) is 0 Å². The minimum absolute atomic E-state index is 0.282. The fourth-order valence-electron chi connectivity index (χ4n) is 2.62. The van der Waals surface area contributed by atoms with Crippen LogP contribution >= 0.6 is 11.8 Å². The fraction of sp³-hybridized carbons (Fsp3) is 0.250. The molecule has 4 heteroatoms. The normalized spacial score (nSPS) is 11.0. The van der Waals surface area contributed by atoms with Crippen molar-refractivity contribution >= 4 is 17.7 Å². The van der Waals surface area contributed by atoms with E-state index in [0.29, 0.717) is 24.5 Å². The second kappa shape index (κ2) is 16.5. The number of thioether (sulfide) groups is 1. The van der Waals surface area contributed by atoms with Gasteiger partial charge in [0.05, 0.1) is 17.9 Å². The summed E-state index contributed by atoms with van der Waals surface area (Å²) in [6.45, 7) is 2.77. The Kier molecular flexibility index (Phi) is 13.0. The van der Waals surface area contributed by atoms with E-state index in [4.69, 9.17) is 9.47 Å². The van der Waals surface area contributed by atoms with Crippen molar-refractivity contribution < 1.29 is 14.3 Å². The third-order valence-corrected chi connectivity index (χ3v) is 5.12. The van der Waals surface area contributed by atoms with Crippen LogP contribution in [-0.2, 0) is 4.74 Å². The van der Waals surface area contributed by atoms with Gasteiger partial charge in [-0.05, 0) is 44.0 Å². The number of para-hydroxylation sites is 1. The maximum atomic E-state index is 12.0. The smallest absolute Gasteiger partial charge is 0.339 e. The van der Waals surface area contributed by atoms with Crippen LogP contribution < -0.4 is 4.74 Å². The highest BCUT2D eigenvalue weighted by Crippen LogP contribution is 2.22. The first kappa shape index (κ1) is 25.1. The predicted octanol–water partition coefficient (Wildman–Crippen LogP) is 6.88. The molecule has 0 unspecified atom stereocenters. The quantitative estimate of drug-likeness (QED) is 0.154. The lowest BCUT2D eigenvalue weighted by atomic mass is 10.2. The number of benzene rings is 2. The first-order valence-corrected chi connectivity index (χ1v) is 11.8. The van der Waals surface area contributed by atoms with Crippen molar-refractivity contribution in [1.29, 1.82) is 0 Å². The Balaban J connectivity index is 1.56. The van der Waals surface area contributed by atoms with Crippen LogP contribution in [0, 0.1) is 11.8 Å². The molecule has 0 aliphatic heterocycles. The summed E-state index contributed by atoms with van der Waals surface area (Å²) >= 11 is 1.56. The topological polar surface area (TPSA) is 35.5 Å². The van der Waals surface area contributed by atoms with Crippen molar-refractivity contribution in [1.82, 2.24) is 0 Å². The minimum atomic E-state index is -0.282. The Morgan fingerprint density at radius 1 is 0.875 bits per heavy atom. The Morgan fingerprint density at radius 3 is 2.34 bits per heavy atom. The van der Waals surface area contributed by atoms with E-state index >= 15 is 0 Å². The molecule has 0 heterocycles. The molecule has 0 bridgehead atoms. The summed E-state index contributed by atoms with van der Waals surface area (Å²) in [5, 5.41) is 0. The zero-order valence-electron chi connectivity index (χ0n) is 18.5. The standard InChI is InChI=1S/C28H30O3S/c1-2-30-28(29)26-21-15-16-22-27(26)32-24-18-11-9-7-5-3-4-6-8-10-17-23-31-25-19-13-12-14-20-25/h4-7,10,12-17,19-22H,2-3,8-9,23-24H2,1H3. The molecule has 0 amide bonds. The molecule has 0 aliphatic rings. The molecule has 2 aromatic rings. The Hall–Kier alpha value is -3.16. The summed E-state index contributed by atoms with van der Waals surface area (Å²) in [4.78, 5) is 12.9. The lowest BCUT2D eigenvalue weighted by Crippen LogP contribution is -2.05. The summed E-state index contributed by atoms with van der Waals surface area (Å²) < 4.78 is 10.7. The SMILES string of the molecule is CCOC(=O)c1ccccc1SCC#CCC=CCC=CCC=CCOc1ccccc1. The van der Waals surface area contributed by atoms with Crippen molar-refractivity contribution in [2.45, 2.75) is 31.1 Å². The lowest BCUT2D eigenvalue weighted by Gasteiger charge is -2.06. The van der Waals surface area contributed by atoms with Gasteiger partial charge in [0, 0.05) is 11.3 Å². The van der Waals surface area contributed by atoms with Gasteiger partial charge in [-0.2, -0.15) is 0 Å². The molecule has 0 radical (unpaired) electrons. The van der Waals surface area contributed by atoms with Gasteiger partial charge in [0.1, 0.15) is 12.4 Å². The number of hydrogen-bond acceptors (Lipinski definition) is 4. The Morgan fingerprint density at radius 2 is 1.56 bits per heavy atom. The molecule has 2 aromatic carbocycles. The molecule has 0 aromatic heterocycles. The largest absolute Gasteiger partial charge is 0.490 e. The number of allylic oxidation sites excluding steroid dienone is 5. The summed E-state index contributed by atoms with van der Waals surface area (Å²) in [6, 6.07) is 17.3. The summed E-state index contributed by atoms with van der Waals surface area (Å²) in [7, 11) is 0. The van der Waals surface area contributed by atoms with Gasteiger partial charge >= 0.3 is 5.97 Å². The number of hydrogen-bond donors (Lipinski definition) is 0. The summed E-state index contributed by atoms with van der Waals surface area (Å²) in [5.74, 6) is 7.54. The number of esters is 1. The van der Waals surface area contributed by atoms with Gasteiger partial charge in [0.2, 0.25) is 0 Å². The van der Waals surface area contributed by atoms with Gasteiger partial charge in [-0.25, -0.2) is 4.79 Å². The van der Waals surface area contributed by atoms with E-state index in [1.54, 1.807) is 17.8 Å². The zero-order valence-corrected chi connectivity index (χ0v) is 19.4. The number of rotatable bonds is 12. The average Bonchev–Trinajstić information content (AvgIpc) is 2.82. The van der Waals surface area contributed by atoms with Crippen LogP contribution in [-0.4, -0.2) is 24.9 Å². The predicted molar refractivity (Wildman–Crippen MR) is 134 cm³/mol. The second-order valence-electron chi connectivity index (χ2n) is 6.57. The van der Waals surface area contributed by atoms with Crippen molar-refractivity contribution in [2.24, 2.45) is 0 Å². The molecule has 0 N–H and O–H groups in total. The third kappa shape index (κ3) is 10.7. The summed E-state index contributed by atoms with van der Waals surface area (Å²) in [5.41, 5.74) is 0.603. The van der Waals surface area contributed by atoms with Crippen LogP contribution in [0.1, 0.15) is 36.5 Å². The van der Waals surface area contributed by atoms with Crippen LogP contribution in [0.4, 0.5) is 0 Å².